The first-order valence-electron chi connectivity index (χ1n) is 6.76. The maximum absolute atomic E-state index is 11.9. The Balaban J connectivity index is 1.87. The number of hydrogen-bond donors (Lipinski definition) is 0. The number of Topliss-reactive ketones (excluding diaryl/α,β-unsaturated/α-hetero) is 1. The summed E-state index contributed by atoms with van der Waals surface area (Å²) in [6, 6.07) is 11.5. The van der Waals surface area contributed by atoms with Crippen LogP contribution in [0.3, 0.4) is 0 Å². The molecule has 0 radical (unpaired) electrons. The summed E-state index contributed by atoms with van der Waals surface area (Å²) in [6.07, 6.45) is 0.0206. The summed E-state index contributed by atoms with van der Waals surface area (Å²) < 4.78 is 10.0. The number of benzene rings is 2. The summed E-state index contributed by atoms with van der Waals surface area (Å²) in [4.78, 5) is 23.7. The minimum atomic E-state index is -0.509. The molecule has 0 spiro atoms. The molecular formula is C17H14Cl2O4. The smallest absolute Gasteiger partial charge is 0.310 e. The molecule has 6 heteroatoms. The van der Waals surface area contributed by atoms with Crippen molar-refractivity contribution in [2.75, 3.05) is 13.7 Å². The number of carbonyl (C=O) groups is 2. The molecule has 0 aliphatic carbocycles. The van der Waals surface area contributed by atoms with Crippen LogP contribution in [0.15, 0.2) is 42.5 Å². The molecule has 0 aliphatic rings. The number of methoxy groups -OCH3 is 1. The highest BCUT2D eigenvalue weighted by atomic mass is 35.5. The number of carbonyl (C=O) groups excluding carboxylic acids is 2. The molecule has 0 atom stereocenters. The molecule has 2 rings (SSSR count). The predicted octanol–water partition coefficient (Wildman–Crippen LogP) is 3.97. The minimum Gasteiger partial charge on any atom is -0.497 e. The van der Waals surface area contributed by atoms with Crippen molar-refractivity contribution in [1.82, 2.24) is 0 Å². The first kappa shape index (κ1) is 17.3. The maximum atomic E-state index is 11.9. The molecule has 0 heterocycles. The Morgan fingerprint density at radius 2 is 1.70 bits per heavy atom. The number of esters is 1. The van der Waals surface area contributed by atoms with Crippen LogP contribution in [0, 0.1) is 0 Å². The maximum Gasteiger partial charge on any atom is 0.310 e. The lowest BCUT2D eigenvalue weighted by atomic mass is 10.1. The average molecular weight is 353 g/mol. The van der Waals surface area contributed by atoms with Gasteiger partial charge in [-0.25, -0.2) is 0 Å². The van der Waals surface area contributed by atoms with Gasteiger partial charge in [-0.15, -0.1) is 0 Å². The van der Waals surface area contributed by atoms with Gasteiger partial charge in [0.25, 0.3) is 0 Å². The van der Waals surface area contributed by atoms with E-state index in [2.05, 4.69) is 0 Å². The fraction of sp³-hybridized carbons (Fsp3) is 0.176. The molecule has 0 N–H and O–H groups in total. The van der Waals surface area contributed by atoms with Crippen LogP contribution >= 0.6 is 23.2 Å². The van der Waals surface area contributed by atoms with E-state index >= 15 is 0 Å². The van der Waals surface area contributed by atoms with Crippen LogP contribution < -0.4 is 4.74 Å². The molecule has 0 aromatic heterocycles. The third kappa shape index (κ3) is 4.98. The van der Waals surface area contributed by atoms with Crippen molar-refractivity contribution in [3.63, 3.8) is 0 Å². The molecule has 4 nitrogen and oxygen atoms in total. The predicted molar refractivity (Wildman–Crippen MR) is 88.4 cm³/mol. The van der Waals surface area contributed by atoms with Gasteiger partial charge < -0.3 is 9.47 Å². The minimum absolute atomic E-state index is 0.0206. The number of rotatable bonds is 6. The van der Waals surface area contributed by atoms with Crippen molar-refractivity contribution < 1.29 is 19.1 Å². The lowest BCUT2D eigenvalue weighted by Gasteiger charge is -2.06. The molecule has 23 heavy (non-hydrogen) atoms. The van der Waals surface area contributed by atoms with Crippen LogP contribution in [0.25, 0.3) is 0 Å². The van der Waals surface area contributed by atoms with Crippen molar-refractivity contribution in [3.05, 3.63) is 63.6 Å². The Labute approximate surface area is 143 Å². The topological polar surface area (TPSA) is 52.6 Å². The molecule has 0 saturated carbocycles. The SMILES string of the molecule is COc1ccc(C(=O)COC(=O)Cc2ccc(Cl)c(Cl)c2)cc1. The number of hydrogen-bond acceptors (Lipinski definition) is 4. The summed E-state index contributed by atoms with van der Waals surface area (Å²) in [5.74, 6) is -0.140. The summed E-state index contributed by atoms with van der Waals surface area (Å²) in [6.45, 7) is -0.313. The summed E-state index contributed by atoms with van der Waals surface area (Å²) in [7, 11) is 1.54. The van der Waals surface area contributed by atoms with Gasteiger partial charge in [0.05, 0.1) is 23.6 Å². The molecule has 2 aromatic rings. The second kappa shape index (κ2) is 7.99. The van der Waals surface area contributed by atoms with E-state index in [1.807, 2.05) is 0 Å². The third-order valence-electron chi connectivity index (χ3n) is 3.11. The van der Waals surface area contributed by atoms with E-state index in [0.29, 0.717) is 26.9 Å². The van der Waals surface area contributed by atoms with Gasteiger partial charge in [-0.2, -0.15) is 0 Å². The van der Waals surface area contributed by atoms with Crippen LogP contribution in [0.2, 0.25) is 10.0 Å². The standard InChI is InChI=1S/C17H14Cl2O4/c1-22-13-5-3-12(4-6-13)16(20)10-23-17(21)9-11-2-7-14(18)15(19)8-11/h2-8H,9-10H2,1H3. The highest BCUT2D eigenvalue weighted by molar-refractivity contribution is 6.42. The van der Waals surface area contributed by atoms with Gasteiger partial charge in [-0.3, -0.25) is 9.59 Å². The highest BCUT2D eigenvalue weighted by Crippen LogP contribution is 2.22. The van der Waals surface area contributed by atoms with E-state index in [1.165, 1.54) is 0 Å². The Bertz CT molecular complexity index is 711. The Kier molecular flexibility index (Phi) is 6.02. The highest BCUT2D eigenvalue weighted by Gasteiger charge is 2.11. The van der Waals surface area contributed by atoms with Gasteiger partial charge in [0, 0.05) is 5.56 Å². The zero-order valence-corrected chi connectivity index (χ0v) is 13.9. The van der Waals surface area contributed by atoms with E-state index in [1.54, 1.807) is 49.6 Å². The molecule has 0 aliphatic heterocycles. The molecule has 2 aromatic carbocycles. The first-order valence-corrected chi connectivity index (χ1v) is 7.52. The Morgan fingerprint density at radius 3 is 2.30 bits per heavy atom. The molecule has 0 unspecified atom stereocenters. The fourth-order valence-electron chi connectivity index (χ4n) is 1.87. The molecule has 0 bridgehead atoms. The lowest BCUT2D eigenvalue weighted by Crippen LogP contribution is -2.15. The van der Waals surface area contributed by atoms with Crippen molar-refractivity contribution in [3.8, 4) is 5.75 Å². The van der Waals surface area contributed by atoms with Gasteiger partial charge in [-0.1, -0.05) is 29.3 Å². The second-order valence-corrected chi connectivity index (χ2v) is 5.55. The summed E-state index contributed by atoms with van der Waals surface area (Å²) in [5, 5.41) is 0.782. The van der Waals surface area contributed by atoms with E-state index in [0.717, 1.165) is 0 Å². The van der Waals surface area contributed by atoms with Crippen molar-refractivity contribution in [2.45, 2.75) is 6.42 Å². The van der Waals surface area contributed by atoms with Crippen LogP contribution in [0.1, 0.15) is 15.9 Å². The van der Waals surface area contributed by atoms with Crippen LogP contribution in [0.5, 0.6) is 5.75 Å². The fourth-order valence-corrected chi connectivity index (χ4v) is 2.19. The number of ether oxygens (including phenoxy) is 2. The van der Waals surface area contributed by atoms with E-state index in [4.69, 9.17) is 32.7 Å². The summed E-state index contributed by atoms with van der Waals surface area (Å²) in [5.41, 5.74) is 1.12. The molecule has 0 saturated heterocycles. The van der Waals surface area contributed by atoms with Gasteiger partial charge in [0.15, 0.2) is 12.4 Å². The zero-order valence-electron chi connectivity index (χ0n) is 12.3. The lowest BCUT2D eigenvalue weighted by molar-refractivity contribution is -0.141. The van der Waals surface area contributed by atoms with Crippen LogP contribution in [-0.4, -0.2) is 25.5 Å². The summed E-state index contributed by atoms with van der Waals surface area (Å²) >= 11 is 11.7. The quantitative estimate of drug-likeness (QED) is 0.583. The van der Waals surface area contributed by atoms with E-state index < -0.39 is 5.97 Å². The van der Waals surface area contributed by atoms with Crippen LogP contribution in [-0.2, 0) is 16.0 Å². The zero-order chi connectivity index (χ0) is 16.8. The van der Waals surface area contributed by atoms with Crippen molar-refractivity contribution in [1.29, 1.82) is 0 Å². The second-order valence-electron chi connectivity index (χ2n) is 4.74. The van der Waals surface area contributed by atoms with Crippen molar-refractivity contribution >= 4 is 35.0 Å². The molecule has 0 amide bonds. The number of ketones is 1. The van der Waals surface area contributed by atoms with Gasteiger partial charge in [0.2, 0.25) is 0 Å². The van der Waals surface area contributed by atoms with Crippen LogP contribution in [0.4, 0.5) is 0 Å². The largest absolute Gasteiger partial charge is 0.497 e. The average Bonchev–Trinajstić information content (AvgIpc) is 2.56. The normalized spacial score (nSPS) is 10.2. The van der Waals surface area contributed by atoms with E-state index in [9.17, 15) is 9.59 Å². The van der Waals surface area contributed by atoms with Gasteiger partial charge >= 0.3 is 5.97 Å². The van der Waals surface area contributed by atoms with Gasteiger partial charge in [0.1, 0.15) is 5.75 Å². The van der Waals surface area contributed by atoms with Crippen molar-refractivity contribution in [2.24, 2.45) is 0 Å². The molecule has 0 fully saturated rings. The Hall–Kier alpha value is -2.04. The first-order chi connectivity index (χ1) is 11.0. The number of halogens is 2. The Morgan fingerprint density at radius 1 is 1.00 bits per heavy atom. The van der Waals surface area contributed by atoms with E-state index in [-0.39, 0.29) is 18.8 Å². The van der Waals surface area contributed by atoms with Gasteiger partial charge in [-0.05, 0) is 42.0 Å². The molecule has 120 valence electrons. The molecular weight excluding hydrogens is 339 g/mol. The monoisotopic (exact) mass is 352 g/mol. The third-order valence-corrected chi connectivity index (χ3v) is 3.85.